The lowest BCUT2D eigenvalue weighted by Gasteiger charge is -2.26. The van der Waals surface area contributed by atoms with Crippen LogP contribution in [0.1, 0.15) is 18.9 Å². The molecule has 174 valence electrons. The Labute approximate surface area is 200 Å². The Bertz CT molecular complexity index is 1170. The lowest BCUT2D eigenvalue weighted by atomic mass is 10.1. The summed E-state index contributed by atoms with van der Waals surface area (Å²) in [6.45, 7) is 1.52. The van der Waals surface area contributed by atoms with Gasteiger partial charge in [-0.25, -0.2) is 8.42 Å². The molecule has 0 aliphatic rings. The van der Waals surface area contributed by atoms with Gasteiger partial charge in [-0.2, -0.15) is 0 Å². The van der Waals surface area contributed by atoms with Gasteiger partial charge >= 0.3 is 0 Å². The number of hydrogen-bond acceptors (Lipinski definition) is 4. The van der Waals surface area contributed by atoms with E-state index >= 15 is 0 Å². The van der Waals surface area contributed by atoms with Crippen LogP contribution in [0.4, 0.5) is 5.69 Å². The molecule has 0 heterocycles. The number of nitrogens with zero attached hydrogens (tertiary/aromatic N) is 1. The minimum atomic E-state index is -4.06. The van der Waals surface area contributed by atoms with Gasteiger partial charge in [0, 0.05) is 11.1 Å². The van der Waals surface area contributed by atoms with Crippen LogP contribution in [0.5, 0.6) is 5.75 Å². The first kappa shape index (κ1) is 24.6. The molecule has 1 atom stereocenters. The second kappa shape index (κ2) is 11.2. The average molecular weight is 487 g/mol. The molecule has 3 aromatic carbocycles. The number of sulfonamides is 1. The minimum Gasteiger partial charge on any atom is -0.495 e. The number of para-hydroxylation sites is 2. The van der Waals surface area contributed by atoms with Gasteiger partial charge in [0.25, 0.3) is 10.0 Å². The minimum absolute atomic E-state index is 0.0303. The van der Waals surface area contributed by atoms with Gasteiger partial charge < -0.3 is 10.1 Å². The number of ether oxygens (including phenoxy) is 1. The van der Waals surface area contributed by atoms with Crippen molar-refractivity contribution >= 4 is 33.2 Å². The molecule has 0 unspecified atom stereocenters. The lowest BCUT2D eigenvalue weighted by molar-refractivity contribution is -0.120. The van der Waals surface area contributed by atoms with Crippen molar-refractivity contribution in [2.24, 2.45) is 0 Å². The van der Waals surface area contributed by atoms with Crippen molar-refractivity contribution in [1.29, 1.82) is 0 Å². The van der Waals surface area contributed by atoms with Crippen molar-refractivity contribution in [3.05, 3.63) is 89.4 Å². The molecule has 0 saturated carbocycles. The van der Waals surface area contributed by atoms with Crippen molar-refractivity contribution in [2.75, 3.05) is 18.0 Å². The van der Waals surface area contributed by atoms with E-state index in [1.54, 1.807) is 24.3 Å². The van der Waals surface area contributed by atoms with Crippen LogP contribution in [0.2, 0.25) is 5.02 Å². The topological polar surface area (TPSA) is 75.7 Å². The van der Waals surface area contributed by atoms with Crippen LogP contribution in [-0.2, 0) is 21.2 Å². The fourth-order valence-electron chi connectivity index (χ4n) is 3.42. The number of carbonyl (C=O) groups excluding carboxylic acids is 1. The molecule has 1 N–H and O–H groups in total. The maximum atomic E-state index is 13.5. The first-order chi connectivity index (χ1) is 15.8. The molecule has 0 aliphatic carbocycles. The van der Waals surface area contributed by atoms with Gasteiger partial charge in [0.1, 0.15) is 12.3 Å². The van der Waals surface area contributed by atoms with Crippen LogP contribution in [0.15, 0.2) is 83.8 Å². The zero-order valence-electron chi connectivity index (χ0n) is 18.6. The number of anilines is 1. The molecular weight excluding hydrogens is 460 g/mol. The van der Waals surface area contributed by atoms with Crippen LogP contribution in [0.3, 0.4) is 0 Å². The summed E-state index contributed by atoms with van der Waals surface area (Å²) in [5, 5.41) is 3.33. The van der Waals surface area contributed by atoms with Crippen LogP contribution < -0.4 is 14.4 Å². The molecule has 33 heavy (non-hydrogen) atoms. The molecule has 1 amide bonds. The summed E-state index contributed by atoms with van der Waals surface area (Å²) in [5.74, 6) is -0.0565. The fraction of sp³-hybridized carbons (Fsp3) is 0.240. The van der Waals surface area contributed by atoms with Gasteiger partial charge in [0.15, 0.2) is 0 Å². The number of nitrogens with one attached hydrogen (secondary N) is 1. The monoisotopic (exact) mass is 486 g/mol. The average Bonchev–Trinajstić information content (AvgIpc) is 2.82. The zero-order valence-corrected chi connectivity index (χ0v) is 20.1. The van der Waals surface area contributed by atoms with Crippen LogP contribution in [0, 0.1) is 0 Å². The van der Waals surface area contributed by atoms with Crippen LogP contribution in [0.25, 0.3) is 0 Å². The van der Waals surface area contributed by atoms with Crippen molar-refractivity contribution < 1.29 is 17.9 Å². The number of hydrogen-bond donors (Lipinski definition) is 1. The third kappa shape index (κ3) is 6.49. The molecule has 0 bridgehead atoms. The van der Waals surface area contributed by atoms with Crippen molar-refractivity contribution in [3.8, 4) is 5.75 Å². The van der Waals surface area contributed by atoms with Gasteiger partial charge in [0.05, 0.1) is 17.7 Å². The third-order valence-corrected chi connectivity index (χ3v) is 7.18. The molecule has 6 nitrogen and oxygen atoms in total. The summed E-state index contributed by atoms with van der Waals surface area (Å²) in [6.07, 6.45) is 1.54. The molecular formula is C25H27ClN2O4S. The van der Waals surface area contributed by atoms with E-state index in [0.29, 0.717) is 10.8 Å². The highest BCUT2D eigenvalue weighted by atomic mass is 35.5. The van der Waals surface area contributed by atoms with Gasteiger partial charge in [-0.15, -0.1) is 0 Å². The number of methoxy groups -OCH3 is 1. The van der Waals surface area contributed by atoms with Gasteiger partial charge in [-0.05, 0) is 61.7 Å². The zero-order chi connectivity index (χ0) is 23.8. The highest BCUT2D eigenvalue weighted by molar-refractivity contribution is 7.92. The third-order valence-electron chi connectivity index (χ3n) is 5.16. The quantitative estimate of drug-likeness (QED) is 0.451. The van der Waals surface area contributed by atoms with Crippen LogP contribution >= 0.6 is 11.6 Å². The van der Waals surface area contributed by atoms with Gasteiger partial charge in [-0.1, -0.05) is 54.1 Å². The second-order valence-electron chi connectivity index (χ2n) is 7.63. The number of benzene rings is 3. The Kier molecular flexibility index (Phi) is 8.36. The molecule has 0 aromatic heterocycles. The predicted octanol–water partition coefficient (Wildman–Crippen LogP) is 4.68. The molecule has 0 spiro atoms. The van der Waals surface area contributed by atoms with Gasteiger partial charge in [0.2, 0.25) is 5.91 Å². The first-order valence-corrected chi connectivity index (χ1v) is 12.4. The Morgan fingerprint density at radius 3 is 2.30 bits per heavy atom. The van der Waals surface area contributed by atoms with Crippen molar-refractivity contribution in [2.45, 2.75) is 30.7 Å². The highest BCUT2D eigenvalue weighted by Gasteiger charge is 2.29. The highest BCUT2D eigenvalue weighted by Crippen LogP contribution is 2.32. The summed E-state index contributed by atoms with van der Waals surface area (Å²) in [7, 11) is -2.60. The van der Waals surface area contributed by atoms with E-state index in [2.05, 4.69) is 5.32 Å². The van der Waals surface area contributed by atoms with E-state index in [1.165, 1.54) is 36.9 Å². The molecule has 3 aromatic rings. The standard InChI is InChI=1S/C25H27ClN2O4S/c1-19(12-13-20-8-4-3-5-9-20)27-25(29)18-28(23-10-6-7-11-24(23)32-2)33(30,31)22-16-14-21(26)15-17-22/h3-11,14-17,19H,12-13,18H2,1-2H3,(H,27,29)/t19-/m0/s1. The molecule has 8 heteroatoms. The smallest absolute Gasteiger partial charge is 0.264 e. The number of rotatable bonds is 10. The Balaban J connectivity index is 1.81. The normalized spacial score (nSPS) is 12.1. The summed E-state index contributed by atoms with van der Waals surface area (Å²) < 4.78 is 33.4. The molecule has 3 rings (SSSR count). The van der Waals surface area contributed by atoms with E-state index in [0.717, 1.165) is 17.1 Å². The summed E-state index contributed by atoms with van der Waals surface area (Å²) in [4.78, 5) is 12.9. The van der Waals surface area contributed by atoms with Crippen molar-refractivity contribution in [3.63, 3.8) is 0 Å². The van der Waals surface area contributed by atoms with Crippen molar-refractivity contribution in [1.82, 2.24) is 5.32 Å². The maximum Gasteiger partial charge on any atom is 0.264 e. The fourth-order valence-corrected chi connectivity index (χ4v) is 4.98. The second-order valence-corrected chi connectivity index (χ2v) is 9.93. The van der Waals surface area contributed by atoms with E-state index in [-0.39, 0.29) is 23.2 Å². The van der Waals surface area contributed by atoms with E-state index in [9.17, 15) is 13.2 Å². The summed E-state index contributed by atoms with van der Waals surface area (Å²) >= 11 is 5.93. The molecule has 0 saturated heterocycles. The molecule has 0 fully saturated rings. The van der Waals surface area contributed by atoms with Gasteiger partial charge in [-0.3, -0.25) is 9.10 Å². The largest absolute Gasteiger partial charge is 0.495 e. The maximum absolute atomic E-state index is 13.5. The Morgan fingerprint density at radius 1 is 1.00 bits per heavy atom. The number of halogens is 1. The lowest BCUT2D eigenvalue weighted by Crippen LogP contribution is -2.43. The SMILES string of the molecule is COc1ccccc1N(CC(=O)N[C@@H](C)CCc1ccccc1)S(=O)(=O)c1ccc(Cl)cc1. The summed E-state index contributed by atoms with van der Waals surface area (Å²) in [5.41, 5.74) is 1.46. The first-order valence-electron chi connectivity index (χ1n) is 10.6. The predicted molar refractivity (Wildman–Crippen MR) is 131 cm³/mol. The summed E-state index contributed by atoms with van der Waals surface area (Å²) in [6, 6.07) is 22.4. The Morgan fingerprint density at radius 2 is 1.64 bits per heavy atom. The van der Waals surface area contributed by atoms with Crippen LogP contribution in [-0.4, -0.2) is 34.0 Å². The Hall–Kier alpha value is -3.03. The van der Waals surface area contributed by atoms with E-state index in [4.69, 9.17) is 16.3 Å². The van der Waals surface area contributed by atoms with E-state index in [1.807, 2.05) is 37.3 Å². The van der Waals surface area contributed by atoms with E-state index < -0.39 is 15.9 Å². The number of amides is 1. The number of aryl methyl sites for hydroxylation is 1. The number of carbonyl (C=O) groups is 1. The molecule has 0 aliphatic heterocycles. The molecule has 0 radical (unpaired) electrons.